The van der Waals surface area contributed by atoms with Gasteiger partial charge in [0.15, 0.2) is 0 Å². The summed E-state index contributed by atoms with van der Waals surface area (Å²) in [7, 11) is -4.78. The van der Waals surface area contributed by atoms with Crippen molar-refractivity contribution in [3.8, 4) is 0 Å². The van der Waals surface area contributed by atoms with Gasteiger partial charge in [0.1, 0.15) is 5.84 Å². The molecular formula is C15H25N5O6S. The minimum absolute atomic E-state index is 0.0312. The van der Waals surface area contributed by atoms with Crippen molar-refractivity contribution in [3.63, 3.8) is 0 Å². The third-order valence-corrected chi connectivity index (χ3v) is 5.62. The molecular weight excluding hydrogens is 378 g/mol. The fourth-order valence-electron chi connectivity index (χ4n) is 4.19. The molecule has 3 rings (SSSR count). The first-order valence-electron chi connectivity index (χ1n) is 9.03. The average Bonchev–Trinajstić information content (AvgIpc) is 2.78. The van der Waals surface area contributed by atoms with E-state index >= 15 is 0 Å². The maximum Gasteiger partial charge on any atom is 0.418 e. The number of urea groups is 1. The topological polar surface area (TPSA) is 152 Å². The molecule has 0 aromatic carbocycles. The molecule has 152 valence electrons. The van der Waals surface area contributed by atoms with Gasteiger partial charge in [0.05, 0.1) is 12.1 Å². The highest BCUT2D eigenvalue weighted by atomic mass is 32.3. The van der Waals surface area contributed by atoms with E-state index in [9.17, 15) is 18.0 Å². The standard InChI is InChI=1S/C15H25N5O6S/c1-9(21)17-10-3-2-4-11(7-10)18-14(16)13-6-5-12-8-19(13)15(22)20(12)26-27(23,24)25/h10-13H,2-8H2,1H3,(H2,16,18)(H,17,21)(H,23,24,25)/t10?,11?,12-,13+/m1/s1. The summed E-state index contributed by atoms with van der Waals surface area (Å²) in [6, 6.07) is -1.54. The van der Waals surface area contributed by atoms with E-state index in [0.717, 1.165) is 19.3 Å². The van der Waals surface area contributed by atoms with Gasteiger partial charge in [-0.3, -0.25) is 14.8 Å². The zero-order valence-corrected chi connectivity index (χ0v) is 15.9. The quantitative estimate of drug-likeness (QED) is 0.286. The summed E-state index contributed by atoms with van der Waals surface area (Å²) in [4.78, 5) is 25.1. The molecule has 2 bridgehead atoms. The van der Waals surface area contributed by atoms with Crippen LogP contribution in [0.3, 0.4) is 0 Å². The molecule has 2 heterocycles. The number of amidine groups is 1. The second-order valence-corrected chi connectivity index (χ2v) is 8.33. The third-order valence-electron chi connectivity index (χ3n) is 5.27. The summed E-state index contributed by atoms with van der Waals surface area (Å²) in [5.74, 6) is 0.125. The van der Waals surface area contributed by atoms with Crippen molar-refractivity contribution in [2.75, 3.05) is 6.54 Å². The maximum atomic E-state index is 12.4. The highest BCUT2D eigenvalue weighted by Crippen LogP contribution is 2.31. The zero-order valence-electron chi connectivity index (χ0n) is 15.1. The second kappa shape index (κ2) is 7.60. The molecule has 0 spiro atoms. The van der Waals surface area contributed by atoms with E-state index in [1.807, 2.05) is 0 Å². The number of carbonyl (C=O) groups excluding carboxylic acids is 2. The van der Waals surface area contributed by atoms with Crippen LogP contribution in [-0.4, -0.2) is 71.4 Å². The number of piperidine rings is 1. The summed E-state index contributed by atoms with van der Waals surface area (Å²) >= 11 is 0. The van der Waals surface area contributed by atoms with Crippen molar-refractivity contribution in [1.82, 2.24) is 20.6 Å². The average molecular weight is 403 g/mol. The van der Waals surface area contributed by atoms with Crippen LogP contribution in [-0.2, 0) is 19.5 Å². The van der Waals surface area contributed by atoms with E-state index in [1.165, 1.54) is 11.8 Å². The Labute approximate surface area is 157 Å². The largest absolute Gasteiger partial charge is 0.418 e. The lowest BCUT2D eigenvalue weighted by molar-refractivity contribution is -0.119. The van der Waals surface area contributed by atoms with Gasteiger partial charge in [0, 0.05) is 25.6 Å². The number of rotatable bonds is 5. The lowest BCUT2D eigenvalue weighted by atomic mass is 9.90. The molecule has 2 unspecified atom stereocenters. The molecule has 0 radical (unpaired) electrons. The predicted molar refractivity (Wildman–Crippen MR) is 94.1 cm³/mol. The number of nitrogens with one attached hydrogen (secondary N) is 3. The van der Waals surface area contributed by atoms with Crippen molar-refractivity contribution < 1.29 is 26.8 Å². The van der Waals surface area contributed by atoms with E-state index in [2.05, 4.69) is 14.9 Å². The highest BCUT2D eigenvalue weighted by Gasteiger charge is 2.48. The molecule has 3 aliphatic rings. The molecule has 27 heavy (non-hydrogen) atoms. The summed E-state index contributed by atoms with van der Waals surface area (Å²) < 4.78 is 35.1. The van der Waals surface area contributed by atoms with Crippen molar-refractivity contribution in [3.05, 3.63) is 0 Å². The Morgan fingerprint density at radius 2 is 1.89 bits per heavy atom. The Morgan fingerprint density at radius 3 is 2.52 bits per heavy atom. The summed E-state index contributed by atoms with van der Waals surface area (Å²) in [5.41, 5.74) is 0. The number of hydroxylamine groups is 2. The number of nitrogens with zero attached hydrogens (tertiary/aromatic N) is 2. The first-order valence-corrected chi connectivity index (χ1v) is 10.4. The van der Waals surface area contributed by atoms with Gasteiger partial charge in [-0.2, -0.15) is 13.5 Å². The predicted octanol–water partition coefficient (Wildman–Crippen LogP) is 0.00357. The van der Waals surface area contributed by atoms with Crippen molar-refractivity contribution in [2.45, 2.75) is 69.6 Å². The second-order valence-electron chi connectivity index (χ2n) is 7.33. The van der Waals surface area contributed by atoms with Crippen molar-refractivity contribution in [1.29, 1.82) is 5.41 Å². The van der Waals surface area contributed by atoms with Gasteiger partial charge in [-0.25, -0.2) is 4.79 Å². The maximum absolute atomic E-state index is 12.4. The van der Waals surface area contributed by atoms with Crippen LogP contribution in [0.5, 0.6) is 0 Å². The SMILES string of the molecule is CC(=O)NC1CCCC(NC(=N)[C@@H]2CC[C@@H]3CN2C(=O)N3OS(=O)(=O)O)C1. The van der Waals surface area contributed by atoms with Crippen LogP contribution in [0.1, 0.15) is 45.4 Å². The van der Waals surface area contributed by atoms with Gasteiger partial charge in [-0.1, -0.05) is 0 Å². The van der Waals surface area contributed by atoms with E-state index < -0.39 is 28.5 Å². The van der Waals surface area contributed by atoms with Gasteiger partial charge in [0.2, 0.25) is 5.91 Å². The van der Waals surface area contributed by atoms with Gasteiger partial charge in [-0.05, 0) is 38.5 Å². The summed E-state index contributed by atoms with van der Waals surface area (Å²) in [6.45, 7) is 1.72. The molecule has 2 aliphatic heterocycles. The Morgan fingerprint density at radius 1 is 1.22 bits per heavy atom. The van der Waals surface area contributed by atoms with Crippen LogP contribution in [0, 0.1) is 5.41 Å². The van der Waals surface area contributed by atoms with E-state index in [1.54, 1.807) is 0 Å². The lowest BCUT2D eigenvalue weighted by Crippen LogP contribution is -2.53. The third kappa shape index (κ3) is 4.68. The lowest BCUT2D eigenvalue weighted by Gasteiger charge is -2.35. The highest BCUT2D eigenvalue weighted by molar-refractivity contribution is 7.80. The molecule has 2 saturated heterocycles. The van der Waals surface area contributed by atoms with Gasteiger partial charge in [-0.15, -0.1) is 4.28 Å². The van der Waals surface area contributed by atoms with Crippen molar-refractivity contribution in [2.24, 2.45) is 0 Å². The molecule has 0 aromatic heterocycles. The molecule has 3 fully saturated rings. The monoisotopic (exact) mass is 403 g/mol. The Balaban J connectivity index is 1.60. The Bertz CT molecular complexity index is 728. The number of amides is 3. The van der Waals surface area contributed by atoms with Gasteiger partial charge < -0.3 is 15.5 Å². The fraction of sp³-hybridized carbons (Fsp3) is 0.800. The number of hydrogen-bond acceptors (Lipinski definition) is 6. The molecule has 11 nitrogen and oxygen atoms in total. The van der Waals surface area contributed by atoms with Crippen LogP contribution in [0.25, 0.3) is 0 Å². The van der Waals surface area contributed by atoms with Crippen LogP contribution in [0.15, 0.2) is 0 Å². The normalized spacial score (nSPS) is 31.0. The smallest absolute Gasteiger partial charge is 0.369 e. The first kappa shape index (κ1) is 19.8. The summed E-state index contributed by atoms with van der Waals surface area (Å²) in [6.07, 6.45) is 4.38. The van der Waals surface area contributed by atoms with Gasteiger partial charge >= 0.3 is 16.4 Å². The number of hydrogen-bond donors (Lipinski definition) is 4. The Kier molecular flexibility index (Phi) is 5.58. The fourth-order valence-corrected chi connectivity index (χ4v) is 4.58. The molecule has 1 saturated carbocycles. The molecule has 4 atom stereocenters. The van der Waals surface area contributed by atoms with Gasteiger partial charge in [0.25, 0.3) is 0 Å². The van der Waals surface area contributed by atoms with Crippen LogP contribution in [0.2, 0.25) is 0 Å². The molecule has 0 aromatic rings. The first-order chi connectivity index (χ1) is 12.6. The van der Waals surface area contributed by atoms with Crippen LogP contribution >= 0.6 is 0 Å². The molecule has 1 aliphatic carbocycles. The van der Waals surface area contributed by atoms with Crippen LogP contribution < -0.4 is 10.6 Å². The van der Waals surface area contributed by atoms with Crippen LogP contribution in [0.4, 0.5) is 4.79 Å². The number of fused-ring (bicyclic) bond motifs is 2. The zero-order chi connectivity index (χ0) is 19.8. The summed E-state index contributed by atoms with van der Waals surface area (Å²) in [5, 5.41) is 15.1. The Hall–Kier alpha value is -1.92. The van der Waals surface area contributed by atoms with Crippen molar-refractivity contribution >= 4 is 28.2 Å². The minimum atomic E-state index is -4.78. The van der Waals surface area contributed by atoms with E-state index in [0.29, 0.717) is 24.3 Å². The van der Waals surface area contributed by atoms with E-state index in [-0.39, 0.29) is 30.4 Å². The molecule has 4 N–H and O–H groups in total. The minimum Gasteiger partial charge on any atom is -0.369 e. The molecule has 12 heteroatoms. The van der Waals surface area contributed by atoms with E-state index in [4.69, 9.17) is 9.96 Å². The number of carbonyl (C=O) groups is 2. The molecule has 3 amide bonds.